The van der Waals surface area contributed by atoms with Crippen LogP contribution in [0.1, 0.15) is 16.1 Å². The third-order valence-corrected chi connectivity index (χ3v) is 3.88. The van der Waals surface area contributed by atoms with Crippen molar-refractivity contribution in [3.05, 3.63) is 52.5 Å². The molecule has 1 heterocycles. The van der Waals surface area contributed by atoms with E-state index in [2.05, 4.69) is 13.9 Å². The number of thiazole rings is 1. The second kappa shape index (κ2) is 6.60. The van der Waals surface area contributed by atoms with Crippen molar-refractivity contribution in [2.24, 2.45) is 0 Å². The van der Waals surface area contributed by atoms with Crippen LogP contribution >= 0.6 is 11.3 Å². The first kappa shape index (κ1) is 14.6. The number of rotatable bonds is 6. The van der Waals surface area contributed by atoms with Gasteiger partial charge >= 0.3 is 16.3 Å². The minimum atomic E-state index is -4.11. The van der Waals surface area contributed by atoms with Gasteiger partial charge < -0.3 is 4.18 Å². The van der Waals surface area contributed by atoms with E-state index >= 15 is 0 Å². The lowest BCUT2D eigenvalue weighted by Gasteiger charge is -2.06. The number of hydrogen-bond acceptors (Lipinski definition) is 6. The van der Waals surface area contributed by atoms with Crippen LogP contribution in [0.2, 0.25) is 0 Å². The topological polar surface area (TPSA) is 85.4 Å². The maximum absolute atomic E-state index is 11.5. The maximum Gasteiger partial charge on any atom is 0.385 e. The molecule has 0 aliphatic rings. The summed E-state index contributed by atoms with van der Waals surface area (Å²) in [5.74, 6) is -0.988. The summed E-state index contributed by atoms with van der Waals surface area (Å²) in [6.07, 6.45) is 0.508. The number of carbonyl (C=O) groups is 1. The summed E-state index contributed by atoms with van der Waals surface area (Å²) in [6, 6.07) is 9.38. The van der Waals surface area contributed by atoms with Crippen LogP contribution in [0.25, 0.3) is 0 Å². The molecule has 0 spiro atoms. The molecular weight excluding hydrogens is 300 g/mol. The molecule has 0 bridgehead atoms. The summed E-state index contributed by atoms with van der Waals surface area (Å²) in [6.45, 7) is 0.149. The molecule has 1 aromatic heterocycles. The fourth-order valence-corrected chi connectivity index (χ4v) is 2.67. The number of aromatic nitrogens is 1. The van der Waals surface area contributed by atoms with Crippen LogP contribution in [0.5, 0.6) is 0 Å². The van der Waals surface area contributed by atoms with Crippen molar-refractivity contribution < 1.29 is 17.4 Å². The van der Waals surface area contributed by atoms with Crippen molar-refractivity contribution >= 4 is 27.6 Å². The van der Waals surface area contributed by atoms with Crippen LogP contribution < -0.4 is 4.72 Å². The Morgan fingerprint density at radius 1 is 1.30 bits per heavy atom. The lowest BCUT2D eigenvalue weighted by atomic mass is 10.2. The largest absolute Gasteiger partial charge is 0.385 e. The van der Waals surface area contributed by atoms with Gasteiger partial charge in [0.25, 0.3) is 0 Å². The summed E-state index contributed by atoms with van der Waals surface area (Å²) in [5, 5.41) is 1.42. The Kier molecular flexibility index (Phi) is 4.83. The lowest BCUT2D eigenvalue weighted by Crippen LogP contribution is -2.30. The van der Waals surface area contributed by atoms with E-state index < -0.39 is 16.3 Å². The van der Waals surface area contributed by atoms with Crippen molar-refractivity contribution in [2.75, 3.05) is 6.54 Å². The van der Waals surface area contributed by atoms with Gasteiger partial charge in [-0.25, -0.2) is 9.78 Å². The summed E-state index contributed by atoms with van der Waals surface area (Å²) >= 11 is 1.18. The Morgan fingerprint density at radius 3 is 2.70 bits per heavy atom. The van der Waals surface area contributed by atoms with Gasteiger partial charge in [-0.2, -0.15) is 13.1 Å². The zero-order valence-corrected chi connectivity index (χ0v) is 12.0. The summed E-state index contributed by atoms with van der Waals surface area (Å²) in [7, 11) is -4.11. The van der Waals surface area contributed by atoms with Gasteiger partial charge in [0.15, 0.2) is 5.69 Å². The van der Waals surface area contributed by atoms with Crippen LogP contribution in [0, 0.1) is 0 Å². The number of hydrogen-bond donors (Lipinski definition) is 1. The van der Waals surface area contributed by atoms with Crippen LogP contribution in [0.4, 0.5) is 0 Å². The Labute approximate surface area is 120 Å². The third kappa shape index (κ3) is 4.41. The Morgan fingerprint density at radius 2 is 2.05 bits per heavy atom. The Hall–Kier alpha value is -1.77. The monoisotopic (exact) mass is 312 g/mol. The minimum absolute atomic E-state index is 0.0246. The molecule has 0 atom stereocenters. The zero-order valence-electron chi connectivity index (χ0n) is 10.4. The molecular formula is C12H12N2O4S2. The first-order chi connectivity index (χ1) is 9.57. The van der Waals surface area contributed by atoms with Crippen LogP contribution in [0.15, 0.2) is 41.2 Å². The maximum atomic E-state index is 11.5. The first-order valence-corrected chi connectivity index (χ1v) is 8.07. The molecule has 106 valence electrons. The molecule has 0 aliphatic heterocycles. The first-order valence-electron chi connectivity index (χ1n) is 5.72. The van der Waals surface area contributed by atoms with E-state index in [1.54, 1.807) is 0 Å². The van der Waals surface area contributed by atoms with Gasteiger partial charge in [0.05, 0.1) is 5.51 Å². The number of carbonyl (C=O) groups excluding carboxylic acids is 1. The highest BCUT2D eigenvalue weighted by Crippen LogP contribution is 2.05. The third-order valence-electron chi connectivity index (χ3n) is 2.36. The van der Waals surface area contributed by atoms with Gasteiger partial charge in [-0.3, -0.25) is 0 Å². The SMILES string of the molecule is O=C(OS(=O)(=O)NCCc1ccccc1)c1cscn1. The fraction of sp³-hybridized carbons (Fsp3) is 0.167. The smallest absolute Gasteiger partial charge is 0.328 e. The molecule has 1 aromatic carbocycles. The van der Waals surface area contributed by atoms with Crippen molar-refractivity contribution in [2.45, 2.75) is 6.42 Å². The Bertz CT molecular complexity index is 654. The van der Waals surface area contributed by atoms with E-state index in [4.69, 9.17) is 0 Å². The number of nitrogens with zero attached hydrogens (tertiary/aromatic N) is 1. The molecule has 2 aromatic rings. The lowest BCUT2D eigenvalue weighted by molar-refractivity contribution is 0.0738. The van der Waals surface area contributed by atoms with Crippen LogP contribution in [-0.4, -0.2) is 25.9 Å². The molecule has 0 unspecified atom stereocenters. The minimum Gasteiger partial charge on any atom is -0.328 e. The predicted octanol–water partition coefficient (Wildman–Crippen LogP) is 1.38. The molecule has 0 fully saturated rings. The fourth-order valence-electron chi connectivity index (χ4n) is 1.45. The van der Waals surface area contributed by atoms with E-state index in [-0.39, 0.29) is 12.2 Å². The number of benzene rings is 1. The predicted molar refractivity (Wildman–Crippen MR) is 74.6 cm³/mol. The van der Waals surface area contributed by atoms with Crippen molar-refractivity contribution in [3.63, 3.8) is 0 Å². The van der Waals surface area contributed by atoms with Gasteiger partial charge in [-0.1, -0.05) is 30.3 Å². The highest BCUT2D eigenvalue weighted by Gasteiger charge is 2.19. The van der Waals surface area contributed by atoms with Gasteiger partial charge in [0, 0.05) is 11.9 Å². The van der Waals surface area contributed by atoms with Gasteiger partial charge in [0.1, 0.15) is 0 Å². The summed E-state index contributed by atoms with van der Waals surface area (Å²) in [4.78, 5) is 15.1. The molecule has 1 N–H and O–H groups in total. The second-order valence-corrected chi connectivity index (χ2v) is 5.91. The van der Waals surface area contributed by atoms with Gasteiger partial charge in [-0.05, 0) is 12.0 Å². The van der Waals surface area contributed by atoms with E-state index in [1.807, 2.05) is 30.3 Å². The average molecular weight is 312 g/mol. The van der Waals surface area contributed by atoms with E-state index in [0.717, 1.165) is 5.56 Å². The van der Waals surface area contributed by atoms with Crippen molar-refractivity contribution in [1.82, 2.24) is 9.71 Å². The molecule has 0 amide bonds. The zero-order chi connectivity index (χ0) is 14.4. The number of nitrogens with one attached hydrogen (secondary N) is 1. The molecule has 0 aliphatic carbocycles. The van der Waals surface area contributed by atoms with Crippen molar-refractivity contribution in [3.8, 4) is 0 Å². The van der Waals surface area contributed by atoms with E-state index in [1.165, 1.54) is 22.2 Å². The van der Waals surface area contributed by atoms with Gasteiger partial charge in [-0.15, -0.1) is 11.3 Å². The summed E-state index contributed by atoms with van der Waals surface area (Å²) in [5.41, 5.74) is 2.39. The van der Waals surface area contributed by atoms with E-state index in [9.17, 15) is 13.2 Å². The highest BCUT2D eigenvalue weighted by molar-refractivity contribution is 7.85. The normalized spacial score (nSPS) is 11.2. The molecule has 20 heavy (non-hydrogen) atoms. The van der Waals surface area contributed by atoms with Crippen LogP contribution in [-0.2, 0) is 20.9 Å². The average Bonchev–Trinajstić information content (AvgIpc) is 2.93. The second-order valence-electron chi connectivity index (χ2n) is 3.83. The molecule has 0 saturated carbocycles. The summed E-state index contributed by atoms with van der Waals surface area (Å²) < 4.78 is 29.7. The van der Waals surface area contributed by atoms with Crippen molar-refractivity contribution in [1.29, 1.82) is 0 Å². The van der Waals surface area contributed by atoms with Crippen LogP contribution in [0.3, 0.4) is 0 Å². The van der Waals surface area contributed by atoms with E-state index in [0.29, 0.717) is 6.42 Å². The molecule has 8 heteroatoms. The molecule has 6 nitrogen and oxygen atoms in total. The van der Waals surface area contributed by atoms with Gasteiger partial charge in [0.2, 0.25) is 0 Å². The standard InChI is InChI=1S/C12H12N2O4S2/c15-12(11-8-19-9-13-11)18-20(16,17)14-7-6-10-4-2-1-3-5-10/h1-5,8-9,14H,6-7H2. The molecule has 0 radical (unpaired) electrons. The highest BCUT2D eigenvalue weighted by atomic mass is 32.2. The Balaban J connectivity index is 1.84. The molecule has 0 saturated heterocycles. The quantitative estimate of drug-likeness (QED) is 0.871. The molecule has 2 rings (SSSR count).